The van der Waals surface area contributed by atoms with Crippen molar-refractivity contribution in [1.82, 2.24) is 10.3 Å². The van der Waals surface area contributed by atoms with Crippen LogP contribution >= 0.6 is 0 Å². The minimum atomic E-state index is -0.301. The first-order valence-corrected chi connectivity index (χ1v) is 7.28. The maximum absolute atomic E-state index is 13.0. The van der Waals surface area contributed by atoms with Crippen LogP contribution in [0.1, 0.15) is 36.1 Å². The zero-order chi connectivity index (χ0) is 14.7. The zero-order valence-electron chi connectivity index (χ0n) is 12.1. The van der Waals surface area contributed by atoms with E-state index in [4.69, 9.17) is 4.74 Å². The van der Waals surface area contributed by atoms with E-state index in [1.807, 2.05) is 25.2 Å². The van der Waals surface area contributed by atoms with Crippen LogP contribution in [0.25, 0.3) is 0 Å². The topological polar surface area (TPSA) is 34.1 Å². The molecule has 1 aliphatic heterocycles. The number of hydrogen-bond acceptors (Lipinski definition) is 3. The van der Waals surface area contributed by atoms with Gasteiger partial charge in [-0.2, -0.15) is 0 Å². The second kappa shape index (κ2) is 6.22. The highest BCUT2D eigenvalue weighted by molar-refractivity contribution is 5.38. The number of ether oxygens (including phenoxy) is 1. The van der Waals surface area contributed by atoms with E-state index < -0.39 is 0 Å². The summed E-state index contributed by atoms with van der Waals surface area (Å²) >= 11 is 0. The molecule has 21 heavy (non-hydrogen) atoms. The first-order chi connectivity index (χ1) is 10.3. The van der Waals surface area contributed by atoms with E-state index in [1.165, 1.54) is 17.8 Å². The Kier molecular flexibility index (Phi) is 4.15. The van der Waals surface area contributed by atoms with Gasteiger partial charge in [-0.15, -0.1) is 0 Å². The fourth-order valence-electron chi connectivity index (χ4n) is 2.93. The van der Waals surface area contributed by atoms with Gasteiger partial charge in [-0.05, 0) is 49.6 Å². The number of aromatic nitrogens is 1. The minimum absolute atomic E-state index is 0.113. The van der Waals surface area contributed by atoms with Crippen LogP contribution < -0.4 is 10.1 Å². The summed E-state index contributed by atoms with van der Waals surface area (Å²) in [6, 6.07) is 11.5. The monoisotopic (exact) mass is 286 g/mol. The predicted molar refractivity (Wildman–Crippen MR) is 79.9 cm³/mol. The molecule has 3 rings (SSSR count). The Morgan fingerprint density at radius 3 is 2.95 bits per heavy atom. The van der Waals surface area contributed by atoms with Gasteiger partial charge in [-0.25, -0.2) is 4.39 Å². The number of nitrogens with one attached hydrogen (secondary N) is 1. The van der Waals surface area contributed by atoms with Crippen molar-refractivity contribution in [2.45, 2.75) is 24.8 Å². The number of hydrogen-bond donors (Lipinski definition) is 1. The Hall–Kier alpha value is -1.94. The van der Waals surface area contributed by atoms with Crippen molar-refractivity contribution >= 4 is 0 Å². The van der Waals surface area contributed by atoms with Crippen LogP contribution in [-0.4, -0.2) is 18.6 Å². The van der Waals surface area contributed by atoms with Gasteiger partial charge >= 0.3 is 0 Å². The fourth-order valence-corrected chi connectivity index (χ4v) is 2.93. The number of rotatable bonds is 4. The lowest BCUT2D eigenvalue weighted by Gasteiger charge is -2.28. The molecule has 2 heterocycles. The molecule has 2 aromatic rings. The van der Waals surface area contributed by atoms with Gasteiger partial charge in [0.05, 0.1) is 18.5 Å². The van der Waals surface area contributed by atoms with E-state index in [9.17, 15) is 4.39 Å². The number of halogens is 1. The summed E-state index contributed by atoms with van der Waals surface area (Å²) in [5.41, 5.74) is 2.13. The summed E-state index contributed by atoms with van der Waals surface area (Å²) in [5, 5.41) is 3.29. The van der Waals surface area contributed by atoms with E-state index in [0.29, 0.717) is 5.92 Å². The molecule has 1 aliphatic rings. The van der Waals surface area contributed by atoms with Crippen LogP contribution in [0.5, 0.6) is 5.75 Å². The number of fused-ring (bicyclic) bond motifs is 1. The van der Waals surface area contributed by atoms with E-state index in [0.717, 1.165) is 30.9 Å². The predicted octanol–water partition coefficient (Wildman–Crippen LogP) is 3.44. The lowest BCUT2D eigenvalue weighted by atomic mass is 9.86. The molecule has 0 saturated heterocycles. The molecule has 2 atom stereocenters. The van der Waals surface area contributed by atoms with Crippen LogP contribution in [0.3, 0.4) is 0 Å². The molecular formula is C17H19FN2O. The van der Waals surface area contributed by atoms with Crippen molar-refractivity contribution in [1.29, 1.82) is 0 Å². The highest BCUT2D eigenvalue weighted by Gasteiger charge is 2.25. The highest BCUT2D eigenvalue weighted by atomic mass is 19.1. The van der Waals surface area contributed by atoms with Crippen LogP contribution in [0.2, 0.25) is 0 Å². The van der Waals surface area contributed by atoms with E-state index in [1.54, 1.807) is 6.07 Å². The largest absolute Gasteiger partial charge is 0.493 e. The molecule has 0 spiro atoms. The molecule has 1 aromatic heterocycles. The summed E-state index contributed by atoms with van der Waals surface area (Å²) in [4.78, 5) is 4.20. The van der Waals surface area contributed by atoms with Crippen LogP contribution in [0.4, 0.5) is 4.39 Å². The molecule has 0 saturated carbocycles. The first-order valence-electron chi connectivity index (χ1n) is 7.28. The molecule has 4 heteroatoms. The molecule has 110 valence electrons. The van der Waals surface area contributed by atoms with Crippen LogP contribution in [-0.2, 0) is 0 Å². The Morgan fingerprint density at radius 2 is 2.19 bits per heavy atom. The van der Waals surface area contributed by atoms with Gasteiger partial charge in [0.25, 0.3) is 0 Å². The smallest absolute Gasteiger partial charge is 0.141 e. The molecule has 0 fully saturated rings. The Bertz CT molecular complexity index is 600. The average Bonchev–Trinajstić information content (AvgIpc) is 2.54. The maximum Gasteiger partial charge on any atom is 0.141 e. The quantitative estimate of drug-likeness (QED) is 0.935. The summed E-state index contributed by atoms with van der Waals surface area (Å²) in [6.45, 7) is 0.745. The van der Waals surface area contributed by atoms with Crippen molar-refractivity contribution in [3.63, 3.8) is 0 Å². The number of benzene rings is 1. The summed E-state index contributed by atoms with van der Waals surface area (Å²) in [7, 11) is 1.92. The third-order valence-corrected chi connectivity index (χ3v) is 4.06. The third-order valence-electron chi connectivity index (χ3n) is 4.06. The van der Waals surface area contributed by atoms with Crippen molar-refractivity contribution in [3.05, 3.63) is 59.7 Å². The SMILES string of the molecule is CNC(CC1CCOc2ccccc21)c1ccc(F)cn1. The Balaban J connectivity index is 1.80. The molecule has 2 unspecified atom stereocenters. The van der Waals surface area contributed by atoms with Gasteiger partial charge in [-0.3, -0.25) is 4.98 Å². The van der Waals surface area contributed by atoms with Gasteiger partial charge in [-0.1, -0.05) is 18.2 Å². The normalized spacial score (nSPS) is 18.7. The van der Waals surface area contributed by atoms with Gasteiger partial charge < -0.3 is 10.1 Å². The fraction of sp³-hybridized carbons (Fsp3) is 0.353. The standard InChI is InChI=1S/C17H19FN2O/c1-19-16(15-7-6-13(18)11-20-15)10-12-8-9-21-17-5-3-2-4-14(12)17/h2-7,11-12,16,19H,8-10H2,1H3. The summed E-state index contributed by atoms with van der Waals surface area (Å²) in [5.74, 6) is 1.11. The lowest BCUT2D eigenvalue weighted by molar-refractivity contribution is 0.256. The van der Waals surface area contributed by atoms with Gasteiger partial charge in [0.15, 0.2) is 0 Å². The van der Waals surface area contributed by atoms with E-state index in [2.05, 4.69) is 16.4 Å². The van der Waals surface area contributed by atoms with Gasteiger partial charge in [0.2, 0.25) is 0 Å². The maximum atomic E-state index is 13.0. The van der Waals surface area contributed by atoms with Crippen LogP contribution in [0, 0.1) is 5.82 Å². The van der Waals surface area contributed by atoms with Crippen molar-refractivity contribution in [2.24, 2.45) is 0 Å². The summed E-state index contributed by atoms with van der Waals surface area (Å²) < 4.78 is 18.7. The number of nitrogens with zero attached hydrogens (tertiary/aromatic N) is 1. The van der Waals surface area contributed by atoms with Crippen molar-refractivity contribution in [3.8, 4) is 5.75 Å². The molecule has 1 aromatic carbocycles. The van der Waals surface area contributed by atoms with Gasteiger partial charge in [0, 0.05) is 6.04 Å². The third kappa shape index (κ3) is 3.05. The molecular weight excluding hydrogens is 267 g/mol. The van der Waals surface area contributed by atoms with Crippen molar-refractivity contribution < 1.29 is 9.13 Å². The molecule has 0 amide bonds. The Labute approximate surface area is 124 Å². The average molecular weight is 286 g/mol. The first kappa shape index (κ1) is 14.0. The zero-order valence-corrected chi connectivity index (χ0v) is 12.1. The van der Waals surface area contributed by atoms with Gasteiger partial charge in [0.1, 0.15) is 11.6 Å². The van der Waals surface area contributed by atoms with Crippen molar-refractivity contribution in [2.75, 3.05) is 13.7 Å². The second-order valence-corrected chi connectivity index (χ2v) is 5.35. The van der Waals surface area contributed by atoms with Crippen LogP contribution in [0.15, 0.2) is 42.6 Å². The number of para-hydroxylation sites is 1. The Morgan fingerprint density at radius 1 is 1.33 bits per heavy atom. The molecule has 0 aliphatic carbocycles. The minimum Gasteiger partial charge on any atom is -0.493 e. The lowest BCUT2D eigenvalue weighted by Crippen LogP contribution is -2.23. The second-order valence-electron chi connectivity index (χ2n) is 5.35. The van der Waals surface area contributed by atoms with E-state index in [-0.39, 0.29) is 11.9 Å². The number of pyridine rings is 1. The molecule has 0 radical (unpaired) electrons. The molecule has 1 N–H and O–H groups in total. The molecule has 0 bridgehead atoms. The van der Waals surface area contributed by atoms with E-state index >= 15 is 0 Å². The molecule has 3 nitrogen and oxygen atoms in total. The summed E-state index contributed by atoms with van der Waals surface area (Å²) in [6.07, 6.45) is 3.20. The highest BCUT2D eigenvalue weighted by Crippen LogP contribution is 2.38.